The van der Waals surface area contributed by atoms with Crippen LogP contribution in [0.3, 0.4) is 0 Å². The Hall–Kier alpha value is -1.04. The first-order chi connectivity index (χ1) is 9.08. The molecule has 2 rings (SSSR count). The van der Waals surface area contributed by atoms with Gasteiger partial charge in [-0.15, -0.1) is 0 Å². The van der Waals surface area contributed by atoms with Gasteiger partial charge in [0.2, 0.25) is 0 Å². The number of aromatic nitrogens is 1. The number of likely N-dealkylation sites (N-methyl/N-ethyl adjacent to an activating group) is 2. The molecule has 0 aliphatic carbocycles. The molecule has 1 atom stereocenters. The van der Waals surface area contributed by atoms with Crippen molar-refractivity contribution in [1.82, 2.24) is 14.8 Å². The summed E-state index contributed by atoms with van der Waals surface area (Å²) in [4.78, 5) is 9.44. The van der Waals surface area contributed by atoms with Gasteiger partial charge >= 0.3 is 0 Å². The highest BCUT2D eigenvalue weighted by Crippen LogP contribution is 2.17. The second kappa shape index (κ2) is 6.41. The molecule has 1 aromatic heterocycles. The van der Waals surface area contributed by atoms with Crippen LogP contribution in [0.4, 0.5) is 0 Å². The lowest BCUT2D eigenvalue weighted by Gasteiger charge is -2.36. The van der Waals surface area contributed by atoms with E-state index in [2.05, 4.69) is 34.9 Å². The third-order valence-corrected chi connectivity index (χ3v) is 3.96. The van der Waals surface area contributed by atoms with E-state index < -0.39 is 0 Å². The molecule has 2 N–H and O–H groups in total. The van der Waals surface area contributed by atoms with E-state index >= 15 is 0 Å². The second-order valence-electron chi connectivity index (χ2n) is 5.35. The summed E-state index contributed by atoms with van der Waals surface area (Å²) in [5.74, 6) is 0. The summed E-state index contributed by atoms with van der Waals surface area (Å²) in [6.45, 7) is 3.17. The predicted octanol–water partition coefficient (Wildman–Crippen LogP) is 1.24. The Labute approximate surface area is 120 Å². The molecule has 0 spiro atoms. The number of nitrogens with two attached hydrogens (primary N) is 1. The molecule has 0 saturated carbocycles. The number of hydrogen-bond acceptors (Lipinski definition) is 4. The highest BCUT2D eigenvalue weighted by molar-refractivity contribution is 7.80. The average Bonchev–Trinajstić information content (AvgIpc) is 2.39. The van der Waals surface area contributed by atoms with Crippen LogP contribution < -0.4 is 5.73 Å². The number of thiocarbonyl (C=S) groups is 1. The van der Waals surface area contributed by atoms with Crippen LogP contribution in [0.15, 0.2) is 18.3 Å². The molecule has 2 heterocycles. The van der Waals surface area contributed by atoms with E-state index in [-0.39, 0.29) is 0 Å². The second-order valence-corrected chi connectivity index (χ2v) is 5.79. The minimum absolute atomic E-state index is 0.379. The van der Waals surface area contributed by atoms with Crippen molar-refractivity contribution < 1.29 is 0 Å². The van der Waals surface area contributed by atoms with Crippen LogP contribution in [-0.4, -0.2) is 53.0 Å². The molecular weight excluding hydrogens is 256 g/mol. The summed E-state index contributed by atoms with van der Waals surface area (Å²) in [6, 6.07) is 4.60. The van der Waals surface area contributed by atoms with Gasteiger partial charge in [-0.2, -0.15) is 0 Å². The van der Waals surface area contributed by atoms with Crippen LogP contribution >= 0.6 is 12.2 Å². The van der Waals surface area contributed by atoms with Crippen molar-refractivity contribution in [2.75, 3.05) is 27.2 Å². The topological polar surface area (TPSA) is 45.4 Å². The van der Waals surface area contributed by atoms with E-state index in [1.54, 1.807) is 6.20 Å². The Morgan fingerprint density at radius 2 is 2.42 bits per heavy atom. The standard InChI is InChI=1S/C14H22N4S/c1-17-8-4-6-12(10-17)18(2)9-11-5-3-7-16-13(11)14(15)19/h3,5,7,12H,4,6,8-10H2,1-2H3,(H2,15,19). The molecule has 0 radical (unpaired) electrons. The van der Waals surface area contributed by atoms with Crippen LogP contribution in [0, 0.1) is 0 Å². The van der Waals surface area contributed by atoms with Crippen molar-refractivity contribution in [3.63, 3.8) is 0 Å². The maximum absolute atomic E-state index is 5.73. The van der Waals surface area contributed by atoms with Gasteiger partial charge in [0.15, 0.2) is 0 Å². The molecule has 0 bridgehead atoms. The Balaban J connectivity index is 2.06. The molecule has 0 amide bonds. The van der Waals surface area contributed by atoms with Crippen molar-refractivity contribution in [1.29, 1.82) is 0 Å². The van der Waals surface area contributed by atoms with Crippen LogP contribution in [-0.2, 0) is 6.54 Å². The van der Waals surface area contributed by atoms with E-state index in [0.717, 1.165) is 24.3 Å². The highest BCUT2D eigenvalue weighted by atomic mass is 32.1. The van der Waals surface area contributed by atoms with Gasteiger partial charge < -0.3 is 10.6 Å². The zero-order chi connectivity index (χ0) is 13.8. The van der Waals surface area contributed by atoms with Crippen molar-refractivity contribution in [3.05, 3.63) is 29.6 Å². The molecule has 1 aromatic rings. The SMILES string of the molecule is CN1CCCC(N(C)Cc2cccnc2C(N)=S)C1. The van der Waals surface area contributed by atoms with E-state index in [1.807, 2.05) is 6.07 Å². The van der Waals surface area contributed by atoms with E-state index in [9.17, 15) is 0 Å². The number of likely N-dealkylation sites (tertiary alicyclic amines) is 1. The molecule has 1 fully saturated rings. The smallest absolute Gasteiger partial charge is 0.123 e. The number of pyridine rings is 1. The zero-order valence-electron chi connectivity index (χ0n) is 11.7. The average molecular weight is 278 g/mol. The van der Waals surface area contributed by atoms with Crippen molar-refractivity contribution in [2.45, 2.75) is 25.4 Å². The van der Waals surface area contributed by atoms with Crippen LogP contribution in [0.1, 0.15) is 24.1 Å². The van der Waals surface area contributed by atoms with Crippen molar-refractivity contribution in [3.8, 4) is 0 Å². The molecule has 1 aliphatic heterocycles. The number of piperidine rings is 1. The maximum atomic E-state index is 5.73. The molecule has 1 aliphatic rings. The zero-order valence-corrected chi connectivity index (χ0v) is 12.5. The lowest BCUT2D eigenvalue weighted by Crippen LogP contribution is -2.44. The monoisotopic (exact) mass is 278 g/mol. The molecule has 5 heteroatoms. The van der Waals surface area contributed by atoms with Crippen LogP contribution in [0.2, 0.25) is 0 Å². The number of nitrogens with zero attached hydrogens (tertiary/aromatic N) is 3. The van der Waals surface area contributed by atoms with Crippen LogP contribution in [0.5, 0.6) is 0 Å². The molecule has 1 saturated heterocycles. The van der Waals surface area contributed by atoms with Crippen LogP contribution in [0.25, 0.3) is 0 Å². The predicted molar refractivity (Wildman–Crippen MR) is 82.1 cm³/mol. The van der Waals surface area contributed by atoms with Gasteiger partial charge in [-0.1, -0.05) is 18.3 Å². The Morgan fingerprint density at radius 1 is 1.63 bits per heavy atom. The van der Waals surface area contributed by atoms with E-state index in [0.29, 0.717) is 11.0 Å². The van der Waals surface area contributed by atoms with E-state index in [1.165, 1.54) is 19.4 Å². The normalized spacial score (nSPS) is 20.7. The van der Waals surface area contributed by atoms with Gasteiger partial charge in [0.05, 0.1) is 0 Å². The third kappa shape index (κ3) is 3.72. The molecule has 19 heavy (non-hydrogen) atoms. The van der Waals surface area contributed by atoms with Gasteiger partial charge in [0.25, 0.3) is 0 Å². The first-order valence-electron chi connectivity index (χ1n) is 6.70. The summed E-state index contributed by atoms with van der Waals surface area (Å²) in [5, 5.41) is 0. The van der Waals surface area contributed by atoms with Gasteiger partial charge in [-0.05, 0) is 45.1 Å². The first-order valence-corrected chi connectivity index (χ1v) is 7.11. The number of rotatable bonds is 4. The summed E-state index contributed by atoms with van der Waals surface area (Å²) >= 11 is 5.07. The Morgan fingerprint density at radius 3 is 3.11 bits per heavy atom. The third-order valence-electron chi connectivity index (χ3n) is 3.77. The van der Waals surface area contributed by atoms with Crippen molar-refractivity contribution >= 4 is 17.2 Å². The van der Waals surface area contributed by atoms with Gasteiger partial charge in [0, 0.05) is 25.3 Å². The summed E-state index contributed by atoms with van der Waals surface area (Å²) in [5.41, 5.74) is 7.61. The van der Waals surface area contributed by atoms with Crippen molar-refractivity contribution in [2.24, 2.45) is 5.73 Å². The quantitative estimate of drug-likeness (QED) is 0.840. The Kier molecular flexibility index (Phi) is 4.85. The largest absolute Gasteiger partial charge is 0.388 e. The maximum Gasteiger partial charge on any atom is 0.123 e. The molecule has 4 nitrogen and oxygen atoms in total. The lowest BCUT2D eigenvalue weighted by atomic mass is 10.0. The summed E-state index contributed by atoms with van der Waals surface area (Å²) < 4.78 is 0. The minimum Gasteiger partial charge on any atom is -0.388 e. The lowest BCUT2D eigenvalue weighted by molar-refractivity contribution is 0.129. The molecule has 1 unspecified atom stereocenters. The summed E-state index contributed by atoms with van der Waals surface area (Å²) in [7, 11) is 4.35. The van der Waals surface area contributed by atoms with Gasteiger partial charge in [0.1, 0.15) is 10.7 Å². The fourth-order valence-electron chi connectivity index (χ4n) is 2.68. The fourth-order valence-corrected chi connectivity index (χ4v) is 2.87. The molecule has 104 valence electrons. The highest BCUT2D eigenvalue weighted by Gasteiger charge is 2.21. The van der Waals surface area contributed by atoms with E-state index in [4.69, 9.17) is 18.0 Å². The summed E-state index contributed by atoms with van der Waals surface area (Å²) in [6.07, 6.45) is 4.26. The van der Waals surface area contributed by atoms with Gasteiger partial charge in [-0.25, -0.2) is 0 Å². The fraction of sp³-hybridized carbons (Fsp3) is 0.571. The number of hydrogen-bond donors (Lipinski definition) is 1. The Bertz CT molecular complexity index is 449. The minimum atomic E-state index is 0.379. The molecule has 0 aromatic carbocycles. The molecular formula is C14H22N4S. The first kappa shape index (κ1) is 14.4. The van der Waals surface area contributed by atoms with Gasteiger partial charge in [-0.3, -0.25) is 9.88 Å².